The minimum atomic E-state index is -0.490. The van der Waals surface area contributed by atoms with Gasteiger partial charge in [-0.2, -0.15) is 0 Å². The fourth-order valence-electron chi connectivity index (χ4n) is 2.53. The number of anilines is 2. The quantitative estimate of drug-likeness (QED) is 0.670. The normalized spacial score (nSPS) is 18.8. The molecule has 2 aromatic rings. The third-order valence-electron chi connectivity index (χ3n) is 3.77. The number of amides is 2. The molecule has 1 fully saturated rings. The summed E-state index contributed by atoms with van der Waals surface area (Å²) in [5, 5.41) is 5.63. The molecule has 0 unspecified atom stereocenters. The molecule has 2 atom stereocenters. The molecule has 2 amide bonds. The van der Waals surface area contributed by atoms with Crippen molar-refractivity contribution < 1.29 is 9.59 Å². The Labute approximate surface area is 156 Å². The number of benzene rings is 2. The van der Waals surface area contributed by atoms with E-state index in [1.807, 2.05) is 24.3 Å². The van der Waals surface area contributed by atoms with Crippen LogP contribution in [0.4, 0.5) is 11.4 Å². The molecule has 0 heterocycles. The predicted octanol–water partition coefficient (Wildman–Crippen LogP) is 4.59. The molecule has 1 aliphatic rings. The molecule has 1 aliphatic carbocycles. The van der Waals surface area contributed by atoms with E-state index >= 15 is 0 Å². The van der Waals surface area contributed by atoms with Crippen LogP contribution in [0.1, 0.15) is 0 Å². The summed E-state index contributed by atoms with van der Waals surface area (Å²) in [6, 6.07) is 14.6. The number of rotatable bonds is 4. The topological polar surface area (TPSA) is 58.2 Å². The first kappa shape index (κ1) is 16.9. The van der Waals surface area contributed by atoms with Crippen molar-refractivity contribution >= 4 is 55.0 Å². The Kier molecular flexibility index (Phi) is 4.87. The lowest BCUT2D eigenvalue weighted by molar-refractivity contribution is -0.122. The van der Waals surface area contributed by atoms with Gasteiger partial charge in [0.15, 0.2) is 0 Å². The van der Waals surface area contributed by atoms with E-state index in [-0.39, 0.29) is 11.8 Å². The molecule has 0 radical (unpaired) electrons. The minimum Gasteiger partial charge on any atom is -0.326 e. The van der Waals surface area contributed by atoms with Crippen molar-refractivity contribution in [2.45, 2.75) is 0 Å². The lowest BCUT2D eigenvalue weighted by Crippen LogP contribution is -2.20. The molecule has 0 bridgehead atoms. The number of hydrogen-bond donors (Lipinski definition) is 2. The van der Waals surface area contributed by atoms with Crippen LogP contribution < -0.4 is 10.6 Å². The predicted molar refractivity (Wildman–Crippen MR) is 102 cm³/mol. The van der Waals surface area contributed by atoms with Gasteiger partial charge in [-0.3, -0.25) is 9.59 Å². The number of carbonyl (C=O) groups is 2. The molecule has 24 heavy (non-hydrogen) atoms. The third-order valence-corrected chi connectivity index (χ3v) is 4.76. The maximum atomic E-state index is 12.3. The monoisotopic (exact) mass is 448 g/mol. The van der Waals surface area contributed by atoms with Crippen LogP contribution in [-0.2, 0) is 9.59 Å². The van der Waals surface area contributed by atoms with Gasteiger partial charge in [-0.05, 0) is 36.4 Å². The summed E-state index contributed by atoms with van der Waals surface area (Å²) in [4.78, 5) is 24.7. The van der Waals surface area contributed by atoms with Gasteiger partial charge in [0.05, 0.1) is 11.8 Å². The first-order chi connectivity index (χ1) is 11.5. The standard InChI is InChI=1S/C18H14Br2N2O2/c1-10-15(17(23)21-13-6-2-4-11(19)8-13)16(10)18(24)22-14-7-3-5-12(20)9-14/h2-9,15-16H,1H2,(H,21,23)(H,22,24)/t15-,16-/m0/s1. The molecule has 0 saturated heterocycles. The second kappa shape index (κ2) is 6.91. The van der Waals surface area contributed by atoms with Gasteiger partial charge in [0.1, 0.15) is 0 Å². The van der Waals surface area contributed by atoms with Crippen molar-refractivity contribution in [3.8, 4) is 0 Å². The Balaban J connectivity index is 1.63. The summed E-state index contributed by atoms with van der Waals surface area (Å²) in [6.07, 6.45) is 0. The molecule has 0 spiro atoms. The Bertz CT molecular complexity index is 768. The van der Waals surface area contributed by atoms with Crippen LogP contribution in [0.2, 0.25) is 0 Å². The van der Waals surface area contributed by atoms with Gasteiger partial charge in [-0.1, -0.05) is 56.1 Å². The largest absolute Gasteiger partial charge is 0.326 e. The second-order valence-corrected chi connectivity index (χ2v) is 7.36. The highest BCUT2D eigenvalue weighted by atomic mass is 79.9. The van der Waals surface area contributed by atoms with Crippen LogP contribution in [0, 0.1) is 11.8 Å². The lowest BCUT2D eigenvalue weighted by atomic mass is 10.2. The molecule has 0 aliphatic heterocycles. The molecular formula is C18H14Br2N2O2. The Morgan fingerprint density at radius 2 is 1.25 bits per heavy atom. The summed E-state index contributed by atoms with van der Waals surface area (Å²) in [5.74, 6) is -1.41. The number of nitrogens with one attached hydrogen (secondary N) is 2. The molecule has 3 rings (SSSR count). The Morgan fingerprint density at radius 3 is 1.62 bits per heavy atom. The average molecular weight is 450 g/mol. The number of hydrogen-bond acceptors (Lipinski definition) is 2. The van der Waals surface area contributed by atoms with Crippen LogP contribution in [0.25, 0.3) is 0 Å². The highest BCUT2D eigenvalue weighted by Gasteiger charge is 2.52. The van der Waals surface area contributed by atoms with Crippen molar-refractivity contribution in [3.05, 3.63) is 69.6 Å². The van der Waals surface area contributed by atoms with Gasteiger partial charge in [-0.15, -0.1) is 0 Å². The van der Waals surface area contributed by atoms with Crippen LogP contribution >= 0.6 is 31.9 Å². The summed E-state index contributed by atoms with van der Waals surface area (Å²) in [5.41, 5.74) is 2.00. The fourth-order valence-corrected chi connectivity index (χ4v) is 3.33. The Hall–Kier alpha value is -1.92. The molecule has 4 nitrogen and oxygen atoms in total. The SMILES string of the molecule is C=C1[C@H](C(=O)Nc2cccc(Br)c2)[C@H]1C(=O)Nc1cccc(Br)c1. The molecule has 0 aromatic heterocycles. The van der Waals surface area contributed by atoms with Crippen molar-refractivity contribution in [1.29, 1.82) is 0 Å². The highest BCUT2D eigenvalue weighted by Crippen LogP contribution is 2.45. The summed E-state index contributed by atoms with van der Waals surface area (Å²) >= 11 is 6.72. The first-order valence-electron chi connectivity index (χ1n) is 7.27. The number of carbonyl (C=O) groups excluding carboxylic acids is 2. The van der Waals surface area contributed by atoms with E-state index in [4.69, 9.17) is 0 Å². The molecule has 6 heteroatoms. The van der Waals surface area contributed by atoms with Gasteiger partial charge in [0.2, 0.25) is 11.8 Å². The second-order valence-electron chi connectivity index (χ2n) is 5.53. The van der Waals surface area contributed by atoms with E-state index in [0.717, 1.165) is 8.95 Å². The minimum absolute atomic E-state index is 0.215. The third kappa shape index (κ3) is 3.76. The molecule has 122 valence electrons. The van der Waals surface area contributed by atoms with E-state index in [1.54, 1.807) is 24.3 Å². The zero-order valence-corrected chi connectivity index (χ0v) is 15.7. The van der Waals surface area contributed by atoms with Gasteiger partial charge < -0.3 is 10.6 Å². The fraction of sp³-hybridized carbons (Fsp3) is 0.111. The summed E-state index contributed by atoms with van der Waals surface area (Å²) in [6.45, 7) is 3.85. The molecule has 1 saturated carbocycles. The lowest BCUT2D eigenvalue weighted by Gasteiger charge is -2.06. The molecular weight excluding hydrogens is 436 g/mol. The van der Waals surface area contributed by atoms with Crippen molar-refractivity contribution in [1.82, 2.24) is 0 Å². The Morgan fingerprint density at radius 1 is 0.833 bits per heavy atom. The highest BCUT2D eigenvalue weighted by molar-refractivity contribution is 9.10. The van der Waals surface area contributed by atoms with Crippen molar-refractivity contribution in [3.63, 3.8) is 0 Å². The maximum Gasteiger partial charge on any atom is 0.232 e. The van der Waals surface area contributed by atoms with Crippen LogP contribution in [0.15, 0.2) is 69.6 Å². The number of halogens is 2. The van der Waals surface area contributed by atoms with Crippen LogP contribution in [0.5, 0.6) is 0 Å². The zero-order valence-electron chi connectivity index (χ0n) is 12.6. The van der Waals surface area contributed by atoms with E-state index in [0.29, 0.717) is 16.9 Å². The van der Waals surface area contributed by atoms with Gasteiger partial charge in [-0.25, -0.2) is 0 Å². The van der Waals surface area contributed by atoms with Crippen LogP contribution in [-0.4, -0.2) is 11.8 Å². The van der Waals surface area contributed by atoms with Gasteiger partial charge in [0.25, 0.3) is 0 Å². The van der Waals surface area contributed by atoms with E-state index in [1.165, 1.54) is 0 Å². The van der Waals surface area contributed by atoms with Crippen molar-refractivity contribution in [2.75, 3.05) is 10.6 Å². The maximum absolute atomic E-state index is 12.3. The van der Waals surface area contributed by atoms with E-state index in [2.05, 4.69) is 49.1 Å². The van der Waals surface area contributed by atoms with E-state index in [9.17, 15) is 9.59 Å². The summed E-state index contributed by atoms with van der Waals surface area (Å²) < 4.78 is 1.75. The van der Waals surface area contributed by atoms with Crippen molar-refractivity contribution in [2.24, 2.45) is 11.8 Å². The van der Waals surface area contributed by atoms with E-state index < -0.39 is 11.8 Å². The molecule has 2 N–H and O–H groups in total. The first-order valence-corrected chi connectivity index (χ1v) is 8.86. The summed E-state index contributed by atoms with van der Waals surface area (Å²) in [7, 11) is 0. The van der Waals surface area contributed by atoms with Gasteiger partial charge >= 0.3 is 0 Å². The average Bonchev–Trinajstić information content (AvgIpc) is 3.19. The van der Waals surface area contributed by atoms with Gasteiger partial charge in [0, 0.05) is 20.3 Å². The zero-order chi connectivity index (χ0) is 17.3. The van der Waals surface area contributed by atoms with Crippen LogP contribution in [0.3, 0.4) is 0 Å². The molecule has 2 aromatic carbocycles. The smallest absolute Gasteiger partial charge is 0.232 e.